The molecule has 0 spiro atoms. The number of ether oxygens (including phenoxy) is 2. The van der Waals surface area contributed by atoms with E-state index in [4.69, 9.17) is 9.47 Å². The van der Waals surface area contributed by atoms with Crippen LogP contribution in [0.2, 0.25) is 0 Å². The van der Waals surface area contributed by atoms with Crippen LogP contribution in [0.1, 0.15) is 37.8 Å². The van der Waals surface area contributed by atoms with E-state index >= 15 is 0 Å². The van der Waals surface area contributed by atoms with Gasteiger partial charge in [0, 0.05) is 12.0 Å². The van der Waals surface area contributed by atoms with Gasteiger partial charge in [-0.05, 0) is 53.4 Å². The van der Waals surface area contributed by atoms with E-state index in [9.17, 15) is 0 Å². The molecule has 1 saturated carbocycles. The number of hydrogen-bond donors (Lipinski definition) is 1. The van der Waals surface area contributed by atoms with Crippen LogP contribution in [-0.2, 0) is 13.0 Å². The molecule has 1 heterocycles. The molecule has 5 rings (SSSR count). The Bertz CT molecular complexity index is 677. The van der Waals surface area contributed by atoms with Crippen molar-refractivity contribution in [3.05, 3.63) is 34.9 Å². The summed E-state index contributed by atoms with van der Waals surface area (Å²) in [5.41, 5.74) is 5.11. The van der Waals surface area contributed by atoms with Crippen molar-refractivity contribution in [3.8, 4) is 11.5 Å². The molecule has 3 nitrogen and oxygen atoms in total. The maximum atomic E-state index is 5.49. The number of benzene rings is 1. The van der Waals surface area contributed by atoms with E-state index in [1.54, 1.807) is 24.7 Å². The monoisotopic (exact) mass is 328 g/mol. The second-order valence-corrected chi connectivity index (χ2v) is 8.40. The molecular weight excluding hydrogens is 298 g/mol. The van der Waals surface area contributed by atoms with Gasteiger partial charge in [-0.2, -0.15) is 0 Å². The Morgan fingerprint density at radius 2 is 1.83 bits per heavy atom. The molecule has 24 heavy (non-hydrogen) atoms. The molecule has 1 aliphatic heterocycles. The third-order valence-electron chi connectivity index (χ3n) is 6.93. The average molecular weight is 328 g/mol. The number of rotatable bonds is 4. The molecule has 4 aliphatic rings. The van der Waals surface area contributed by atoms with Crippen molar-refractivity contribution >= 4 is 0 Å². The minimum Gasteiger partial charge on any atom is -0.493 e. The second-order valence-electron chi connectivity index (χ2n) is 8.40. The van der Waals surface area contributed by atoms with Gasteiger partial charge in [-0.1, -0.05) is 19.9 Å². The first-order chi connectivity index (χ1) is 11.5. The van der Waals surface area contributed by atoms with Crippen molar-refractivity contribution in [2.75, 3.05) is 27.3 Å². The second kappa shape index (κ2) is 5.80. The lowest BCUT2D eigenvalue weighted by atomic mass is 9.49. The van der Waals surface area contributed by atoms with E-state index in [2.05, 4.69) is 32.1 Å². The highest BCUT2D eigenvalue weighted by atomic mass is 16.5. The van der Waals surface area contributed by atoms with Crippen molar-refractivity contribution in [2.24, 2.45) is 17.3 Å². The molecular formula is C21H30NO2+. The fourth-order valence-corrected chi connectivity index (χ4v) is 5.15. The first kappa shape index (κ1) is 16.0. The largest absolute Gasteiger partial charge is 0.493 e. The Kier molecular flexibility index (Phi) is 3.87. The molecule has 3 atom stereocenters. The van der Waals surface area contributed by atoms with Gasteiger partial charge >= 0.3 is 0 Å². The van der Waals surface area contributed by atoms with Gasteiger partial charge in [-0.3, -0.25) is 0 Å². The molecule has 130 valence electrons. The summed E-state index contributed by atoms with van der Waals surface area (Å²) in [5, 5.41) is 0. The average Bonchev–Trinajstić information content (AvgIpc) is 2.60. The van der Waals surface area contributed by atoms with E-state index in [1.165, 1.54) is 37.1 Å². The van der Waals surface area contributed by atoms with Crippen molar-refractivity contribution in [1.82, 2.24) is 0 Å². The minimum atomic E-state index is 0.536. The van der Waals surface area contributed by atoms with E-state index in [0.717, 1.165) is 36.3 Å². The van der Waals surface area contributed by atoms with Crippen LogP contribution in [0.5, 0.6) is 11.5 Å². The summed E-state index contributed by atoms with van der Waals surface area (Å²) in [6.07, 6.45) is 6.41. The lowest BCUT2D eigenvalue weighted by molar-refractivity contribution is -0.911. The molecule has 0 aromatic heterocycles. The number of allylic oxidation sites excluding steroid dienone is 1. The number of quaternary nitrogens is 1. The van der Waals surface area contributed by atoms with Crippen LogP contribution in [0.15, 0.2) is 23.8 Å². The summed E-state index contributed by atoms with van der Waals surface area (Å²) in [6.45, 7) is 8.47. The zero-order chi connectivity index (χ0) is 16.9. The molecule has 0 radical (unpaired) electrons. The smallest absolute Gasteiger partial charge is 0.161 e. The number of hydrogen-bond acceptors (Lipinski definition) is 2. The summed E-state index contributed by atoms with van der Waals surface area (Å²) in [4.78, 5) is 1.70. The first-order valence-corrected chi connectivity index (χ1v) is 9.29. The molecule has 0 amide bonds. The molecule has 0 saturated heterocycles. The van der Waals surface area contributed by atoms with Crippen molar-refractivity contribution < 1.29 is 14.4 Å². The first-order valence-electron chi connectivity index (χ1n) is 9.29. The van der Waals surface area contributed by atoms with Crippen LogP contribution in [0.4, 0.5) is 0 Å². The number of nitrogens with one attached hydrogen (secondary N) is 1. The summed E-state index contributed by atoms with van der Waals surface area (Å²) in [6, 6.07) is 4.36. The van der Waals surface area contributed by atoms with Gasteiger partial charge in [-0.15, -0.1) is 0 Å². The predicted octanol–water partition coefficient (Wildman–Crippen LogP) is 2.64. The van der Waals surface area contributed by atoms with Gasteiger partial charge < -0.3 is 14.4 Å². The zero-order valence-electron chi connectivity index (χ0n) is 15.4. The summed E-state index contributed by atoms with van der Waals surface area (Å²) in [5.74, 6) is 3.48. The Hall–Kier alpha value is -1.48. The normalized spacial score (nSPS) is 30.0. The van der Waals surface area contributed by atoms with Crippen molar-refractivity contribution in [3.63, 3.8) is 0 Å². The van der Waals surface area contributed by atoms with E-state index < -0.39 is 0 Å². The minimum absolute atomic E-state index is 0.536. The van der Waals surface area contributed by atoms with Crippen LogP contribution in [0.3, 0.4) is 0 Å². The van der Waals surface area contributed by atoms with Crippen LogP contribution in [-0.4, -0.2) is 27.3 Å². The Balaban J connectivity index is 1.50. The van der Waals surface area contributed by atoms with Crippen molar-refractivity contribution in [1.29, 1.82) is 0 Å². The molecule has 1 aromatic carbocycles. The lowest BCUT2D eigenvalue weighted by Gasteiger charge is -2.56. The zero-order valence-corrected chi connectivity index (χ0v) is 15.4. The summed E-state index contributed by atoms with van der Waals surface area (Å²) in [7, 11) is 3.44. The van der Waals surface area contributed by atoms with Gasteiger partial charge in [-0.25, -0.2) is 0 Å². The highest BCUT2D eigenvalue weighted by Gasteiger charge is 2.51. The topological polar surface area (TPSA) is 22.9 Å². The Morgan fingerprint density at radius 3 is 2.46 bits per heavy atom. The van der Waals surface area contributed by atoms with Gasteiger partial charge in [0.25, 0.3) is 0 Å². The fraction of sp³-hybridized carbons (Fsp3) is 0.619. The molecule has 3 aliphatic carbocycles. The van der Waals surface area contributed by atoms with Crippen LogP contribution >= 0.6 is 0 Å². The molecule has 1 fully saturated rings. The fourth-order valence-electron chi connectivity index (χ4n) is 5.15. The maximum Gasteiger partial charge on any atom is 0.161 e. The number of methoxy groups -OCH3 is 2. The quantitative estimate of drug-likeness (QED) is 0.859. The Labute approximate surface area is 145 Å². The molecule has 1 unspecified atom stereocenters. The number of fused-ring (bicyclic) bond motifs is 2. The lowest BCUT2D eigenvalue weighted by Crippen LogP contribution is -3.12. The van der Waals surface area contributed by atoms with Gasteiger partial charge in [0.2, 0.25) is 0 Å². The molecule has 2 bridgehead atoms. The van der Waals surface area contributed by atoms with Gasteiger partial charge in [0.15, 0.2) is 11.5 Å². The highest BCUT2D eigenvalue weighted by molar-refractivity contribution is 5.47. The van der Waals surface area contributed by atoms with Crippen LogP contribution < -0.4 is 14.4 Å². The van der Waals surface area contributed by atoms with Gasteiger partial charge in [0.05, 0.1) is 27.3 Å². The molecule has 1 N–H and O–H groups in total. The van der Waals surface area contributed by atoms with E-state index in [-0.39, 0.29) is 0 Å². The standard InChI is InChI=1S/C21H29NO2/c1-21(2)17-6-5-15(18(21)11-17)12-22-8-7-14-9-19(23-3)20(24-4)10-16(14)13-22/h5,9-10,17-18H,6-8,11-13H2,1-4H3/p+1/t17-,18-/m1/s1. The third-order valence-corrected chi connectivity index (χ3v) is 6.93. The summed E-state index contributed by atoms with van der Waals surface area (Å²) >= 11 is 0. The molecule has 1 aromatic rings. The highest BCUT2D eigenvalue weighted by Crippen LogP contribution is 2.58. The van der Waals surface area contributed by atoms with Crippen molar-refractivity contribution in [2.45, 2.75) is 39.7 Å². The SMILES string of the molecule is COc1cc2c(cc1OC)C[NH+](CC1=CC[C@@H]3C[C@H]1C3(C)C)CC2. The molecule has 3 heteroatoms. The van der Waals surface area contributed by atoms with E-state index in [1.807, 2.05) is 0 Å². The van der Waals surface area contributed by atoms with Gasteiger partial charge in [0.1, 0.15) is 6.54 Å². The van der Waals surface area contributed by atoms with Crippen LogP contribution in [0.25, 0.3) is 0 Å². The summed E-state index contributed by atoms with van der Waals surface area (Å²) < 4.78 is 10.9. The maximum absolute atomic E-state index is 5.49. The third kappa shape index (κ3) is 2.45. The predicted molar refractivity (Wildman–Crippen MR) is 95.7 cm³/mol. The van der Waals surface area contributed by atoms with E-state index in [0.29, 0.717) is 5.41 Å². The van der Waals surface area contributed by atoms with Crippen LogP contribution in [0, 0.1) is 17.3 Å². The Morgan fingerprint density at radius 1 is 1.12 bits per heavy atom.